The standard InChI is InChI=1S/C19H17ClN2O3S/c1-25-16-8-6-15(7-9-16)22(11-10-18(23)24)19-21-17(12-26-19)13-2-4-14(20)5-3-13/h2-9,12H,10-11H2,1H3,(H,23,24). The van der Waals surface area contributed by atoms with E-state index in [0.29, 0.717) is 11.6 Å². The second-order valence-corrected chi connectivity index (χ2v) is 6.79. The smallest absolute Gasteiger partial charge is 0.305 e. The lowest BCUT2D eigenvalue weighted by atomic mass is 10.2. The lowest BCUT2D eigenvalue weighted by molar-refractivity contribution is -0.136. The molecule has 0 saturated heterocycles. The molecule has 3 rings (SSSR count). The van der Waals surface area contributed by atoms with E-state index >= 15 is 0 Å². The Morgan fingerprint density at radius 3 is 2.50 bits per heavy atom. The number of aromatic nitrogens is 1. The van der Waals surface area contributed by atoms with Crippen LogP contribution in [0.3, 0.4) is 0 Å². The Bertz CT molecular complexity index is 879. The Morgan fingerprint density at radius 1 is 1.19 bits per heavy atom. The molecule has 134 valence electrons. The van der Waals surface area contributed by atoms with Gasteiger partial charge in [-0.2, -0.15) is 0 Å². The molecule has 26 heavy (non-hydrogen) atoms. The number of nitrogens with zero attached hydrogens (tertiary/aromatic N) is 2. The van der Waals surface area contributed by atoms with Gasteiger partial charge in [-0.05, 0) is 36.4 Å². The van der Waals surface area contributed by atoms with Crippen molar-refractivity contribution in [3.63, 3.8) is 0 Å². The van der Waals surface area contributed by atoms with Crippen molar-refractivity contribution in [1.29, 1.82) is 0 Å². The minimum absolute atomic E-state index is 0.0158. The van der Waals surface area contributed by atoms with Gasteiger partial charge in [-0.1, -0.05) is 23.7 Å². The Balaban J connectivity index is 1.90. The van der Waals surface area contributed by atoms with Crippen LogP contribution in [0.4, 0.5) is 10.8 Å². The molecule has 0 atom stereocenters. The molecule has 0 spiro atoms. The first-order chi connectivity index (χ1) is 12.6. The van der Waals surface area contributed by atoms with Crippen LogP contribution in [0, 0.1) is 0 Å². The molecule has 0 fully saturated rings. The van der Waals surface area contributed by atoms with Gasteiger partial charge in [-0.25, -0.2) is 4.98 Å². The fourth-order valence-electron chi connectivity index (χ4n) is 2.45. The van der Waals surface area contributed by atoms with Gasteiger partial charge < -0.3 is 14.7 Å². The first kappa shape index (κ1) is 18.2. The summed E-state index contributed by atoms with van der Waals surface area (Å²) in [6, 6.07) is 14.9. The normalized spacial score (nSPS) is 10.5. The number of aliphatic carboxylic acids is 1. The maximum absolute atomic E-state index is 11.0. The molecule has 0 radical (unpaired) electrons. The lowest BCUT2D eigenvalue weighted by Gasteiger charge is -2.21. The van der Waals surface area contributed by atoms with Crippen LogP contribution in [0.25, 0.3) is 11.3 Å². The maximum Gasteiger partial charge on any atom is 0.305 e. The maximum atomic E-state index is 11.0. The fourth-order valence-corrected chi connectivity index (χ4v) is 3.45. The number of carboxylic acid groups (broad SMARTS) is 1. The van der Waals surface area contributed by atoms with Crippen molar-refractivity contribution in [2.45, 2.75) is 6.42 Å². The number of ether oxygens (including phenoxy) is 1. The van der Waals surface area contributed by atoms with E-state index in [1.54, 1.807) is 7.11 Å². The van der Waals surface area contributed by atoms with E-state index in [1.165, 1.54) is 11.3 Å². The molecule has 1 N–H and O–H groups in total. The summed E-state index contributed by atoms with van der Waals surface area (Å²) >= 11 is 7.41. The van der Waals surface area contributed by atoms with Crippen LogP contribution in [0.2, 0.25) is 5.02 Å². The number of anilines is 2. The number of thiazole rings is 1. The number of hydrogen-bond acceptors (Lipinski definition) is 5. The fraction of sp³-hybridized carbons (Fsp3) is 0.158. The van der Waals surface area contributed by atoms with Gasteiger partial charge in [0, 0.05) is 28.2 Å². The van der Waals surface area contributed by atoms with Gasteiger partial charge in [-0.3, -0.25) is 4.79 Å². The summed E-state index contributed by atoms with van der Waals surface area (Å²) in [6.45, 7) is 0.329. The Hall–Kier alpha value is -2.57. The Kier molecular flexibility index (Phi) is 5.75. The zero-order valence-corrected chi connectivity index (χ0v) is 15.6. The number of halogens is 1. The van der Waals surface area contributed by atoms with Gasteiger partial charge in [0.1, 0.15) is 5.75 Å². The molecule has 1 heterocycles. The molecule has 0 aliphatic heterocycles. The van der Waals surface area contributed by atoms with E-state index in [4.69, 9.17) is 21.4 Å². The molecule has 0 aliphatic rings. The van der Waals surface area contributed by atoms with Crippen molar-refractivity contribution >= 4 is 39.7 Å². The van der Waals surface area contributed by atoms with Crippen LogP contribution < -0.4 is 9.64 Å². The average Bonchev–Trinajstić information content (AvgIpc) is 3.12. The molecular formula is C19H17ClN2O3S. The quantitative estimate of drug-likeness (QED) is 0.611. The van der Waals surface area contributed by atoms with Gasteiger partial charge in [0.15, 0.2) is 5.13 Å². The van der Waals surface area contributed by atoms with Gasteiger partial charge in [0.2, 0.25) is 0 Å². The minimum atomic E-state index is -0.849. The monoisotopic (exact) mass is 388 g/mol. The zero-order valence-electron chi connectivity index (χ0n) is 14.1. The summed E-state index contributed by atoms with van der Waals surface area (Å²) in [5, 5.41) is 12.4. The van der Waals surface area contributed by atoms with Crippen molar-refractivity contribution < 1.29 is 14.6 Å². The van der Waals surface area contributed by atoms with Crippen molar-refractivity contribution in [2.75, 3.05) is 18.6 Å². The second kappa shape index (κ2) is 8.21. The van der Waals surface area contributed by atoms with Crippen LogP contribution in [-0.2, 0) is 4.79 Å². The molecule has 2 aromatic carbocycles. The molecule has 0 unspecified atom stereocenters. The van der Waals surface area contributed by atoms with Crippen molar-refractivity contribution in [3.05, 3.63) is 58.9 Å². The molecule has 5 nitrogen and oxygen atoms in total. The van der Waals surface area contributed by atoms with E-state index in [1.807, 2.05) is 58.8 Å². The second-order valence-electron chi connectivity index (χ2n) is 5.52. The van der Waals surface area contributed by atoms with Crippen LogP contribution in [0.1, 0.15) is 6.42 Å². The highest BCUT2D eigenvalue weighted by atomic mass is 35.5. The SMILES string of the molecule is COc1ccc(N(CCC(=O)O)c2nc(-c3ccc(Cl)cc3)cs2)cc1. The van der Waals surface area contributed by atoms with E-state index in [2.05, 4.69) is 4.98 Å². The number of carboxylic acids is 1. The van der Waals surface area contributed by atoms with Crippen LogP contribution in [-0.4, -0.2) is 29.7 Å². The molecule has 0 aliphatic carbocycles. The highest BCUT2D eigenvalue weighted by molar-refractivity contribution is 7.14. The number of rotatable bonds is 7. The highest BCUT2D eigenvalue weighted by Gasteiger charge is 2.16. The van der Waals surface area contributed by atoms with Crippen molar-refractivity contribution in [3.8, 4) is 17.0 Å². The van der Waals surface area contributed by atoms with Crippen molar-refractivity contribution in [2.24, 2.45) is 0 Å². The van der Waals surface area contributed by atoms with E-state index < -0.39 is 5.97 Å². The van der Waals surface area contributed by atoms with Gasteiger partial charge in [0.25, 0.3) is 0 Å². The summed E-state index contributed by atoms with van der Waals surface area (Å²) in [5.74, 6) is -0.106. The van der Waals surface area contributed by atoms with Gasteiger partial charge in [-0.15, -0.1) is 11.3 Å². The van der Waals surface area contributed by atoms with Gasteiger partial charge >= 0.3 is 5.97 Å². The van der Waals surface area contributed by atoms with Crippen LogP contribution in [0.5, 0.6) is 5.75 Å². The predicted octanol–water partition coefficient (Wildman–Crippen LogP) is 5.08. The molecule has 0 amide bonds. The highest BCUT2D eigenvalue weighted by Crippen LogP contribution is 2.33. The molecular weight excluding hydrogens is 372 g/mol. The number of carbonyl (C=O) groups is 1. The van der Waals surface area contributed by atoms with E-state index in [9.17, 15) is 4.79 Å². The topological polar surface area (TPSA) is 62.7 Å². The minimum Gasteiger partial charge on any atom is -0.497 e. The molecule has 0 saturated carbocycles. The van der Waals surface area contributed by atoms with Crippen LogP contribution in [0.15, 0.2) is 53.9 Å². The number of benzene rings is 2. The average molecular weight is 389 g/mol. The van der Waals surface area contributed by atoms with E-state index in [0.717, 1.165) is 27.8 Å². The third kappa shape index (κ3) is 4.33. The summed E-state index contributed by atoms with van der Waals surface area (Å²) in [4.78, 5) is 17.6. The predicted molar refractivity (Wildman–Crippen MR) is 105 cm³/mol. The summed E-state index contributed by atoms with van der Waals surface area (Å²) in [7, 11) is 1.61. The zero-order chi connectivity index (χ0) is 18.5. The molecule has 0 bridgehead atoms. The summed E-state index contributed by atoms with van der Waals surface area (Å²) < 4.78 is 5.19. The number of methoxy groups -OCH3 is 1. The molecule has 1 aromatic heterocycles. The molecule has 3 aromatic rings. The Morgan fingerprint density at radius 2 is 1.88 bits per heavy atom. The third-order valence-electron chi connectivity index (χ3n) is 3.80. The van der Waals surface area contributed by atoms with Crippen molar-refractivity contribution in [1.82, 2.24) is 4.98 Å². The Labute approximate surface area is 160 Å². The third-order valence-corrected chi connectivity index (χ3v) is 4.91. The summed E-state index contributed by atoms with van der Waals surface area (Å²) in [6.07, 6.45) is 0.0158. The largest absolute Gasteiger partial charge is 0.497 e. The van der Waals surface area contributed by atoms with Gasteiger partial charge in [0.05, 0.1) is 19.2 Å². The lowest BCUT2D eigenvalue weighted by Crippen LogP contribution is -2.20. The summed E-state index contributed by atoms with van der Waals surface area (Å²) in [5.41, 5.74) is 2.66. The first-order valence-corrected chi connectivity index (χ1v) is 9.17. The first-order valence-electron chi connectivity index (χ1n) is 7.91. The van der Waals surface area contributed by atoms with E-state index in [-0.39, 0.29) is 6.42 Å². The molecule has 7 heteroatoms. The number of hydrogen-bond donors (Lipinski definition) is 1. The van der Waals surface area contributed by atoms with Crippen LogP contribution >= 0.6 is 22.9 Å².